The number of carbonyl (C=O) groups excluding carboxylic acids is 1. The van der Waals surface area contributed by atoms with Gasteiger partial charge in [0.15, 0.2) is 0 Å². The number of aryl methyl sites for hydroxylation is 2. The van der Waals surface area contributed by atoms with Gasteiger partial charge < -0.3 is 4.90 Å². The molecular weight excluding hydrogens is 324 g/mol. The third-order valence-electron chi connectivity index (χ3n) is 4.37. The van der Waals surface area contributed by atoms with Crippen molar-refractivity contribution in [1.82, 2.24) is 19.7 Å². The lowest BCUT2D eigenvalue weighted by molar-refractivity contribution is 0.0698. The largest absolute Gasteiger partial charge is 0.337 e. The maximum atomic E-state index is 12.7. The van der Waals surface area contributed by atoms with E-state index in [1.54, 1.807) is 11.3 Å². The number of thiazole rings is 1. The molecule has 7 heteroatoms. The summed E-state index contributed by atoms with van der Waals surface area (Å²) in [6.07, 6.45) is 2.96. The van der Waals surface area contributed by atoms with Crippen LogP contribution in [0.1, 0.15) is 53.8 Å². The minimum absolute atomic E-state index is 0.103. The second-order valence-electron chi connectivity index (χ2n) is 5.99. The SMILES string of the molecule is CCc1csc(C2CCCN(C(=O)c3ccc(=O)n(CC)n3)C2)n1. The van der Waals surface area contributed by atoms with E-state index in [1.807, 2.05) is 11.8 Å². The molecule has 0 spiro atoms. The van der Waals surface area contributed by atoms with Crippen molar-refractivity contribution in [2.45, 2.75) is 45.6 Å². The van der Waals surface area contributed by atoms with Crippen LogP contribution in [0.25, 0.3) is 0 Å². The number of hydrogen-bond donors (Lipinski definition) is 0. The van der Waals surface area contributed by atoms with Crippen molar-refractivity contribution in [2.24, 2.45) is 0 Å². The molecule has 0 aromatic carbocycles. The quantitative estimate of drug-likeness (QED) is 0.852. The van der Waals surface area contributed by atoms with E-state index < -0.39 is 0 Å². The molecular formula is C17H22N4O2S. The molecule has 2 aromatic heterocycles. The lowest BCUT2D eigenvalue weighted by Crippen LogP contribution is -2.40. The van der Waals surface area contributed by atoms with Crippen LogP contribution in [0.2, 0.25) is 0 Å². The highest BCUT2D eigenvalue weighted by Crippen LogP contribution is 2.29. The van der Waals surface area contributed by atoms with Crippen LogP contribution in [0.4, 0.5) is 0 Å². The van der Waals surface area contributed by atoms with Gasteiger partial charge >= 0.3 is 0 Å². The Morgan fingerprint density at radius 2 is 2.21 bits per heavy atom. The first-order chi connectivity index (χ1) is 11.6. The molecule has 128 valence electrons. The van der Waals surface area contributed by atoms with Crippen LogP contribution in [-0.2, 0) is 13.0 Å². The van der Waals surface area contributed by atoms with Crippen molar-refractivity contribution in [3.05, 3.63) is 44.3 Å². The Hall–Kier alpha value is -2.02. The maximum Gasteiger partial charge on any atom is 0.274 e. The molecule has 3 rings (SSSR count). The van der Waals surface area contributed by atoms with Crippen molar-refractivity contribution in [3.63, 3.8) is 0 Å². The molecule has 2 aromatic rings. The third-order valence-corrected chi connectivity index (χ3v) is 5.43. The lowest BCUT2D eigenvalue weighted by atomic mass is 9.98. The van der Waals surface area contributed by atoms with Gasteiger partial charge in [0.1, 0.15) is 5.69 Å². The van der Waals surface area contributed by atoms with Gasteiger partial charge in [-0.1, -0.05) is 6.92 Å². The van der Waals surface area contributed by atoms with Gasteiger partial charge in [0.25, 0.3) is 11.5 Å². The fourth-order valence-corrected chi connectivity index (χ4v) is 4.02. The van der Waals surface area contributed by atoms with Crippen molar-refractivity contribution in [3.8, 4) is 0 Å². The Balaban J connectivity index is 1.76. The van der Waals surface area contributed by atoms with Gasteiger partial charge in [-0.05, 0) is 32.3 Å². The summed E-state index contributed by atoms with van der Waals surface area (Å²) in [7, 11) is 0. The van der Waals surface area contributed by atoms with Crippen LogP contribution in [0.5, 0.6) is 0 Å². The highest BCUT2D eigenvalue weighted by molar-refractivity contribution is 7.09. The maximum absolute atomic E-state index is 12.7. The van der Waals surface area contributed by atoms with E-state index in [0.29, 0.717) is 24.7 Å². The normalized spacial score (nSPS) is 17.9. The summed E-state index contributed by atoms with van der Waals surface area (Å²) in [4.78, 5) is 30.9. The number of piperidine rings is 1. The number of likely N-dealkylation sites (tertiary alicyclic amines) is 1. The molecule has 1 aliphatic heterocycles. The van der Waals surface area contributed by atoms with E-state index >= 15 is 0 Å². The fraction of sp³-hybridized carbons (Fsp3) is 0.529. The first kappa shape index (κ1) is 16.8. The summed E-state index contributed by atoms with van der Waals surface area (Å²) in [5.41, 5.74) is 1.28. The molecule has 0 radical (unpaired) electrons. The second-order valence-corrected chi connectivity index (χ2v) is 6.88. The summed E-state index contributed by atoms with van der Waals surface area (Å²) in [5.74, 6) is 0.194. The Morgan fingerprint density at radius 1 is 1.38 bits per heavy atom. The van der Waals surface area contributed by atoms with Gasteiger partial charge in [-0.15, -0.1) is 11.3 Å². The van der Waals surface area contributed by atoms with Gasteiger partial charge in [-0.3, -0.25) is 9.59 Å². The molecule has 1 unspecified atom stereocenters. The van der Waals surface area contributed by atoms with Gasteiger partial charge in [0, 0.05) is 37.0 Å². The third kappa shape index (κ3) is 3.40. The van der Waals surface area contributed by atoms with Gasteiger partial charge in [-0.2, -0.15) is 5.10 Å². The number of aromatic nitrogens is 3. The minimum atomic E-state index is -0.180. The number of rotatable bonds is 4. The Morgan fingerprint density at radius 3 is 2.92 bits per heavy atom. The van der Waals surface area contributed by atoms with E-state index in [-0.39, 0.29) is 11.5 Å². The molecule has 0 aliphatic carbocycles. The predicted molar refractivity (Wildman–Crippen MR) is 93.5 cm³/mol. The van der Waals surface area contributed by atoms with Crippen LogP contribution in [0.15, 0.2) is 22.3 Å². The van der Waals surface area contributed by atoms with Crippen molar-refractivity contribution in [1.29, 1.82) is 0 Å². The molecule has 0 bridgehead atoms. The summed E-state index contributed by atoms with van der Waals surface area (Å²) < 4.78 is 1.32. The zero-order valence-electron chi connectivity index (χ0n) is 14.1. The Bertz CT molecular complexity index is 783. The highest BCUT2D eigenvalue weighted by Gasteiger charge is 2.28. The molecule has 1 saturated heterocycles. The number of carbonyl (C=O) groups is 1. The molecule has 1 fully saturated rings. The topological polar surface area (TPSA) is 68.1 Å². The van der Waals surface area contributed by atoms with E-state index in [2.05, 4.69) is 22.4 Å². The van der Waals surface area contributed by atoms with Crippen LogP contribution in [0.3, 0.4) is 0 Å². The zero-order chi connectivity index (χ0) is 17.1. The summed E-state index contributed by atoms with van der Waals surface area (Å²) in [5, 5.41) is 7.41. The minimum Gasteiger partial charge on any atom is -0.337 e. The monoisotopic (exact) mass is 346 g/mol. The molecule has 0 saturated carbocycles. The standard InChI is InChI=1S/C17H22N4O2S/c1-3-13-11-24-16(18-13)12-6-5-9-20(10-12)17(23)14-7-8-15(22)21(4-2)19-14/h7-8,11-12H,3-6,9-10H2,1-2H3. The zero-order valence-corrected chi connectivity index (χ0v) is 14.9. The molecule has 24 heavy (non-hydrogen) atoms. The molecule has 6 nitrogen and oxygen atoms in total. The van der Waals surface area contributed by atoms with Crippen molar-refractivity contribution in [2.75, 3.05) is 13.1 Å². The van der Waals surface area contributed by atoms with Crippen LogP contribution >= 0.6 is 11.3 Å². The molecule has 1 atom stereocenters. The van der Waals surface area contributed by atoms with Crippen molar-refractivity contribution >= 4 is 17.2 Å². The van der Waals surface area contributed by atoms with E-state index in [0.717, 1.165) is 36.5 Å². The van der Waals surface area contributed by atoms with Gasteiger partial charge in [-0.25, -0.2) is 9.67 Å². The van der Waals surface area contributed by atoms with Crippen LogP contribution < -0.4 is 5.56 Å². The number of amides is 1. The summed E-state index contributed by atoms with van der Waals surface area (Å²) >= 11 is 1.69. The van der Waals surface area contributed by atoms with Crippen molar-refractivity contribution < 1.29 is 4.79 Å². The summed E-state index contributed by atoms with van der Waals surface area (Å²) in [6.45, 7) is 5.80. The average Bonchev–Trinajstić information content (AvgIpc) is 3.11. The predicted octanol–water partition coefficient (Wildman–Crippen LogP) is 2.30. The molecule has 1 amide bonds. The first-order valence-electron chi connectivity index (χ1n) is 8.44. The van der Waals surface area contributed by atoms with Crippen LogP contribution in [-0.4, -0.2) is 38.7 Å². The smallest absolute Gasteiger partial charge is 0.274 e. The fourth-order valence-electron chi connectivity index (χ4n) is 2.99. The Labute approximate surface area is 145 Å². The second kappa shape index (κ2) is 7.25. The lowest BCUT2D eigenvalue weighted by Gasteiger charge is -2.31. The summed E-state index contributed by atoms with van der Waals surface area (Å²) in [6, 6.07) is 2.94. The molecule has 3 heterocycles. The number of nitrogens with zero attached hydrogens (tertiary/aromatic N) is 4. The van der Waals surface area contributed by atoms with Gasteiger partial charge in [0.05, 0.1) is 10.7 Å². The van der Waals surface area contributed by atoms with E-state index in [9.17, 15) is 9.59 Å². The number of hydrogen-bond acceptors (Lipinski definition) is 5. The van der Waals surface area contributed by atoms with Gasteiger partial charge in [0.2, 0.25) is 0 Å². The van der Waals surface area contributed by atoms with Crippen LogP contribution in [0, 0.1) is 0 Å². The average molecular weight is 346 g/mol. The van der Waals surface area contributed by atoms with E-state index in [4.69, 9.17) is 0 Å². The Kier molecular flexibility index (Phi) is 5.08. The molecule has 1 aliphatic rings. The molecule has 0 N–H and O–H groups in total. The highest BCUT2D eigenvalue weighted by atomic mass is 32.1. The van der Waals surface area contributed by atoms with E-state index in [1.165, 1.54) is 16.8 Å². The first-order valence-corrected chi connectivity index (χ1v) is 9.32.